The van der Waals surface area contributed by atoms with Crippen LogP contribution in [0.2, 0.25) is 5.02 Å². The third kappa shape index (κ3) is 3.54. The van der Waals surface area contributed by atoms with Gasteiger partial charge < -0.3 is 19.3 Å². The fourth-order valence-corrected chi connectivity index (χ4v) is 4.76. The molecule has 1 aromatic carbocycles. The van der Waals surface area contributed by atoms with Crippen molar-refractivity contribution in [1.82, 2.24) is 29.0 Å². The molecule has 11 heteroatoms. The largest absolute Gasteiger partial charge is 0.392 e. The van der Waals surface area contributed by atoms with E-state index >= 15 is 0 Å². The highest BCUT2D eigenvalue weighted by atomic mass is 35.5. The Balaban J connectivity index is 1.47. The summed E-state index contributed by atoms with van der Waals surface area (Å²) in [7, 11) is 0. The van der Waals surface area contributed by atoms with Gasteiger partial charge in [-0.3, -0.25) is 14.1 Å². The predicted octanol–water partition coefficient (Wildman–Crippen LogP) is 1.79. The first kappa shape index (κ1) is 20.8. The van der Waals surface area contributed by atoms with E-state index in [0.717, 1.165) is 24.9 Å². The topological polar surface area (TPSA) is 122 Å². The minimum absolute atomic E-state index is 0.148. The molecule has 2 N–H and O–H groups in total. The summed E-state index contributed by atoms with van der Waals surface area (Å²) in [5.41, 5.74) is 0.797. The highest BCUT2D eigenvalue weighted by Gasteiger charge is 2.48. The van der Waals surface area contributed by atoms with E-state index in [0.29, 0.717) is 54.2 Å². The van der Waals surface area contributed by atoms with Gasteiger partial charge in [0.1, 0.15) is 23.1 Å². The highest BCUT2D eigenvalue weighted by molar-refractivity contribution is 6.31. The summed E-state index contributed by atoms with van der Waals surface area (Å²) >= 11 is 6.27. The van der Waals surface area contributed by atoms with Gasteiger partial charge in [-0.2, -0.15) is 4.98 Å². The molecule has 33 heavy (non-hydrogen) atoms. The molecule has 6 rings (SSSR count). The number of piperidine rings is 1. The molecular weight excluding hydrogens is 448 g/mol. The number of benzene rings is 1. The summed E-state index contributed by atoms with van der Waals surface area (Å²) < 4.78 is 8.66. The maximum atomic E-state index is 13.7. The Bertz CT molecular complexity index is 1420. The third-order valence-electron chi connectivity index (χ3n) is 6.58. The zero-order valence-electron chi connectivity index (χ0n) is 17.8. The number of nitrogens with zero attached hydrogens (tertiary/aromatic N) is 6. The number of fused-ring (bicyclic) bond motifs is 3. The van der Waals surface area contributed by atoms with Crippen molar-refractivity contribution in [3.8, 4) is 11.5 Å². The van der Waals surface area contributed by atoms with Crippen molar-refractivity contribution in [1.29, 1.82) is 0 Å². The third-order valence-corrected chi connectivity index (χ3v) is 6.82. The average molecular weight is 471 g/mol. The molecule has 1 atom stereocenters. The smallest absolute Gasteiger partial charge is 0.277 e. The van der Waals surface area contributed by atoms with Crippen LogP contribution in [0.5, 0.6) is 0 Å². The van der Waals surface area contributed by atoms with Gasteiger partial charge in [-0.1, -0.05) is 16.8 Å². The average Bonchev–Trinajstić information content (AvgIpc) is 3.19. The molecule has 4 heterocycles. The first-order chi connectivity index (χ1) is 15.9. The number of rotatable bonds is 5. The van der Waals surface area contributed by atoms with E-state index in [1.165, 1.54) is 0 Å². The van der Waals surface area contributed by atoms with Gasteiger partial charge in [-0.25, -0.2) is 4.98 Å². The van der Waals surface area contributed by atoms with Gasteiger partial charge in [0.05, 0.1) is 17.1 Å². The lowest BCUT2D eigenvalue weighted by atomic mass is 10.1. The van der Waals surface area contributed by atoms with Gasteiger partial charge in [-0.05, 0) is 50.4 Å². The molecule has 4 aromatic rings. The van der Waals surface area contributed by atoms with Crippen LogP contribution in [-0.4, -0.2) is 64.9 Å². The normalized spacial score (nSPS) is 20.6. The van der Waals surface area contributed by atoms with E-state index < -0.39 is 5.60 Å². The van der Waals surface area contributed by atoms with Crippen molar-refractivity contribution in [2.75, 3.05) is 19.6 Å². The number of β-amino-alcohol motifs (C(OH)–C–C–N with tert-alkyl or cyclic N) is 1. The number of likely N-dealkylation sites (tertiary alicyclic amines) is 1. The van der Waals surface area contributed by atoms with Crippen LogP contribution in [0.25, 0.3) is 28.1 Å². The highest BCUT2D eigenvalue weighted by Crippen LogP contribution is 2.44. The van der Waals surface area contributed by atoms with Crippen molar-refractivity contribution < 1.29 is 14.7 Å². The van der Waals surface area contributed by atoms with Crippen LogP contribution >= 0.6 is 11.6 Å². The molecule has 3 aromatic heterocycles. The van der Waals surface area contributed by atoms with E-state index in [9.17, 15) is 15.0 Å². The summed E-state index contributed by atoms with van der Waals surface area (Å²) in [6, 6.07) is 5.40. The Morgan fingerprint density at radius 3 is 2.88 bits per heavy atom. The lowest BCUT2D eigenvalue weighted by molar-refractivity contribution is 0.0690. The Hall–Kier alpha value is -2.79. The van der Waals surface area contributed by atoms with Crippen LogP contribution in [0.15, 0.2) is 33.8 Å². The molecule has 2 aliphatic rings. The number of aliphatic hydroxyl groups excluding tert-OH is 1. The summed E-state index contributed by atoms with van der Waals surface area (Å²) in [6.07, 6.45) is 4.11. The second-order valence-electron chi connectivity index (χ2n) is 8.95. The molecular formula is C22H23ClN6O4. The van der Waals surface area contributed by atoms with E-state index in [-0.39, 0.29) is 23.4 Å². The zero-order chi connectivity index (χ0) is 22.7. The molecule has 0 bridgehead atoms. The monoisotopic (exact) mass is 470 g/mol. The molecule has 0 spiro atoms. The van der Waals surface area contributed by atoms with Gasteiger partial charge in [0.15, 0.2) is 0 Å². The molecule has 2 fully saturated rings. The zero-order valence-corrected chi connectivity index (χ0v) is 18.6. The first-order valence-electron chi connectivity index (χ1n) is 11.1. The van der Waals surface area contributed by atoms with Crippen molar-refractivity contribution in [3.05, 3.63) is 45.8 Å². The van der Waals surface area contributed by atoms with Crippen molar-refractivity contribution in [2.24, 2.45) is 0 Å². The van der Waals surface area contributed by atoms with Crippen molar-refractivity contribution in [2.45, 2.75) is 43.9 Å². The number of aliphatic hydroxyl groups is 2. The second-order valence-corrected chi connectivity index (χ2v) is 9.39. The number of imidazole rings is 1. The Labute approximate surface area is 193 Å². The van der Waals surface area contributed by atoms with Gasteiger partial charge in [0.2, 0.25) is 5.82 Å². The van der Waals surface area contributed by atoms with E-state index in [1.807, 2.05) is 6.07 Å². The van der Waals surface area contributed by atoms with E-state index in [4.69, 9.17) is 16.1 Å². The molecule has 1 saturated carbocycles. The van der Waals surface area contributed by atoms with Crippen LogP contribution < -0.4 is 5.56 Å². The van der Waals surface area contributed by atoms with Crippen LogP contribution in [0.4, 0.5) is 0 Å². The van der Waals surface area contributed by atoms with Gasteiger partial charge in [-0.15, -0.1) is 0 Å². The lowest BCUT2D eigenvalue weighted by Crippen LogP contribution is -2.40. The lowest BCUT2D eigenvalue weighted by Gasteiger charge is -2.30. The number of hydrogen-bond donors (Lipinski definition) is 2. The molecule has 0 radical (unpaired) electrons. The summed E-state index contributed by atoms with van der Waals surface area (Å²) in [6.45, 7) is 2.54. The number of hydrogen-bond acceptors (Lipinski definition) is 8. The van der Waals surface area contributed by atoms with Gasteiger partial charge >= 0.3 is 0 Å². The van der Waals surface area contributed by atoms with E-state index in [1.54, 1.807) is 27.4 Å². The second kappa shape index (κ2) is 7.63. The summed E-state index contributed by atoms with van der Waals surface area (Å²) in [4.78, 5) is 24.6. The fraction of sp³-hybridized carbons (Fsp3) is 0.455. The molecule has 10 nitrogen and oxygen atoms in total. The predicted molar refractivity (Wildman–Crippen MR) is 120 cm³/mol. The Kier molecular flexibility index (Phi) is 4.80. The molecule has 1 aliphatic heterocycles. The Morgan fingerprint density at radius 2 is 2.09 bits per heavy atom. The Morgan fingerprint density at radius 1 is 1.24 bits per heavy atom. The van der Waals surface area contributed by atoms with Crippen LogP contribution in [0, 0.1) is 0 Å². The van der Waals surface area contributed by atoms with Crippen LogP contribution in [0.1, 0.15) is 31.6 Å². The molecule has 1 aliphatic carbocycles. The summed E-state index contributed by atoms with van der Waals surface area (Å²) in [5, 5.41) is 24.8. The maximum absolute atomic E-state index is 13.7. The molecule has 0 amide bonds. The molecule has 1 unspecified atom stereocenters. The first-order valence-corrected chi connectivity index (χ1v) is 11.5. The number of halogens is 1. The maximum Gasteiger partial charge on any atom is 0.277 e. The summed E-state index contributed by atoms with van der Waals surface area (Å²) in [5.74, 6) is 0.319. The van der Waals surface area contributed by atoms with Gasteiger partial charge in [0.25, 0.3) is 11.4 Å². The minimum Gasteiger partial charge on any atom is -0.392 e. The quantitative estimate of drug-likeness (QED) is 0.452. The molecule has 172 valence electrons. The van der Waals surface area contributed by atoms with Crippen LogP contribution in [-0.2, 0) is 12.1 Å². The standard InChI is InChI=1S/C22H23ClN6O4/c23-13-3-4-15-16(10-13)28(9-8-27-7-1-2-14(30)11-27)20(31)18-17(24-12-29(15)18)19-25-21(33-26-19)22(32)5-6-22/h3-4,10,12,14,30,32H,1-2,5-9,11H2. The van der Waals surface area contributed by atoms with E-state index in [2.05, 4.69) is 20.0 Å². The van der Waals surface area contributed by atoms with Crippen LogP contribution in [0.3, 0.4) is 0 Å². The van der Waals surface area contributed by atoms with Crippen molar-refractivity contribution >= 4 is 28.2 Å². The minimum atomic E-state index is -1.07. The number of aromatic nitrogens is 5. The van der Waals surface area contributed by atoms with Gasteiger partial charge in [0, 0.05) is 24.7 Å². The molecule has 1 saturated heterocycles. The fourth-order valence-electron chi connectivity index (χ4n) is 4.59. The SMILES string of the molecule is O=c1c2c(-c3noc(C4(O)CC4)n3)ncn2c2ccc(Cl)cc2n1CCN1CCCC(O)C1. The van der Waals surface area contributed by atoms with Crippen molar-refractivity contribution in [3.63, 3.8) is 0 Å².